The van der Waals surface area contributed by atoms with Gasteiger partial charge in [0.15, 0.2) is 5.78 Å². The van der Waals surface area contributed by atoms with Crippen molar-refractivity contribution >= 4 is 17.4 Å². The lowest BCUT2D eigenvalue weighted by atomic mass is 10.1. The van der Waals surface area contributed by atoms with Crippen LogP contribution in [0.25, 0.3) is 0 Å². The Bertz CT molecular complexity index is 1260. The summed E-state index contributed by atoms with van der Waals surface area (Å²) in [6, 6.07) is 10.0. The summed E-state index contributed by atoms with van der Waals surface area (Å²) in [5, 5.41) is 4.74. The van der Waals surface area contributed by atoms with Gasteiger partial charge in [-0.2, -0.15) is 18.3 Å². The van der Waals surface area contributed by atoms with Crippen molar-refractivity contribution in [1.82, 2.24) is 14.3 Å². The van der Waals surface area contributed by atoms with Gasteiger partial charge in [0.1, 0.15) is 12.1 Å². The highest BCUT2D eigenvalue weighted by molar-refractivity contribution is 6.30. The molecular weight excluding hydrogens is 455 g/mol. The molecule has 5 nitrogen and oxygen atoms in total. The van der Waals surface area contributed by atoms with E-state index in [-0.39, 0.29) is 11.6 Å². The van der Waals surface area contributed by atoms with Crippen molar-refractivity contribution in [1.29, 1.82) is 0 Å². The Morgan fingerprint density at radius 2 is 1.82 bits per heavy atom. The number of alkyl halides is 3. The van der Waals surface area contributed by atoms with Gasteiger partial charge in [0, 0.05) is 34.4 Å². The highest BCUT2D eigenvalue weighted by atomic mass is 35.5. The summed E-state index contributed by atoms with van der Waals surface area (Å²) in [5.74, 6) is -0.539. The van der Waals surface area contributed by atoms with Crippen molar-refractivity contribution in [3.8, 4) is 0 Å². The molecular formula is C24H23ClF3N3O2. The summed E-state index contributed by atoms with van der Waals surface area (Å²) in [6.45, 7) is 3.75. The topological polar surface area (TPSA) is 56.9 Å². The molecule has 3 aromatic rings. The van der Waals surface area contributed by atoms with Gasteiger partial charge in [-0.05, 0) is 62.9 Å². The maximum Gasteiger partial charge on any atom is 0.421 e. The summed E-state index contributed by atoms with van der Waals surface area (Å²) >= 11 is 5.93. The summed E-state index contributed by atoms with van der Waals surface area (Å²) in [7, 11) is 0. The number of nitrogens with zero attached hydrogens (tertiary/aromatic N) is 3. The Balaban J connectivity index is 1.58. The van der Waals surface area contributed by atoms with E-state index in [1.807, 2.05) is 35.8 Å². The van der Waals surface area contributed by atoms with Gasteiger partial charge in [0.05, 0.1) is 5.69 Å². The average Bonchev–Trinajstić information content (AvgIpc) is 3.55. The summed E-state index contributed by atoms with van der Waals surface area (Å²) in [5.41, 5.74) is 0.664. The zero-order valence-corrected chi connectivity index (χ0v) is 19.0. The van der Waals surface area contributed by atoms with Gasteiger partial charge in [-0.1, -0.05) is 23.7 Å². The minimum Gasteiger partial charge on any atom is -0.348 e. The van der Waals surface area contributed by atoms with Crippen molar-refractivity contribution in [3.05, 3.63) is 85.5 Å². The number of halogens is 4. The number of rotatable bonds is 7. The lowest BCUT2D eigenvalue weighted by Crippen LogP contribution is -2.33. The predicted octanol–water partition coefficient (Wildman–Crippen LogP) is 5.34. The molecule has 1 aromatic carbocycles. The Hall–Kier alpha value is -2.87. The Labute approximate surface area is 193 Å². The number of Topliss-reactive ketones (excluding diaryl/α,β-unsaturated/α-hetero) is 1. The van der Waals surface area contributed by atoms with Crippen LogP contribution in [-0.4, -0.2) is 20.1 Å². The number of hydrogen-bond donors (Lipinski definition) is 0. The number of aromatic nitrogens is 3. The van der Waals surface area contributed by atoms with Gasteiger partial charge in [-0.25, -0.2) is 4.68 Å². The maximum atomic E-state index is 13.4. The molecule has 1 aliphatic rings. The van der Waals surface area contributed by atoms with Crippen molar-refractivity contribution < 1.29 is 18.0 Å². The molecule has 1 saturated carbocycles. The summed E-state index contributed by atoms with van der Waals surface area (Å²) in [4.78, 5) is 25.4. The molecule has 0 radical (unpaired) electrons. The molecule has 1 aliphatic carbocycles. The molecule has 4 rings (SSSR count). The first kappa shape index (κ1) is 23.3. The normalized spacial score (nSPS) is 14.0. The van der Waals surface area contributed by atoms with Gasteiger partial charge in [-0.3, -0.25) is 9.59 Å². The van der Waals surface area contributed by atoms with Gasteiger partial charge in [-0.15, -0.1) is 0 Å². The van der Waals surface area contributed by atoms with Crippen LogP contribution in [0.2, 0.25) is 5.02 Å². The number of benzene rings is 1. The molecule has 0 amide bonds. The molecule has 2 heterocycles. The monoisotopic (exact) mass is 477 g/mol. The van der Waals surface area contributed by atoms with E-state index in [2.05, 4.69) is 5.10 Å². The highest BCUT2D eigenvalue weighted by Crippen LogP contribution is 2.40. The van der Waals surface area contributed by atoms with E-state index in [0.29, 0.717) is 27.5 Å². The molecule has 0 N–H and O–H groups in total. The third-order valence-electron chi connectivity index (χ3n) is 6.00. The van der Waals surface area contributed by atoms with Crippen LogP contribution >= 0.6 is 11.6 Å². The van der Waals surface area contributed by atoms with Gasteiger partial charge < -0.3 is 4.57 Å². The molecule has 174 valence electrons. The summed E-state index contributed by atoms with van der Waals surface area (Å²) < 4.78 is 42.8. The second kappa shape index (κ2) is 8.82. The van der Waals surface area contributed by atoms with E-state index in [4.69, 9.17) is 11.6 Å². The van der Waals surface area contributed by atoms with Crippen LogP contribution in [0, 0.1) is 13.8 Å². The van der Waals surface area contributed by atoms with E-state index in [0.717, 1.165) is 36.6 Å². The van der Waals surface area contributed by atoms with Gasteiger partial charge >= 0.3 is 6.18 Å². The van der Waals surface area contributed by atoms with E-state index < -0.39 is 29.6 Å². The third kappa shape index (κ3) is 5.05. The molecule has 2 aromatic heterocycles. The minimum atomic E-state index is -4.80. The zero-order valence-electron chi connectivity index (χ0n) is 18.2. The molecule has 0 unspecified atom stereocenters. The van der Waals surface area contributed by atoms with E-state index in [1.54, 1.807) is 13.0 Å². The molecule has 0 bridgehead atoms. The van der Waals surface area contributed by atoms with Crippen molar-refractivity contribution in [2.24, 2.45) is 0 Å². The first-order valence-corrected chi connectivity index (χ1v) is 11.1. The fourth-order valence-corrected chi connectivity index (χ4v) is 4.12. The number of hydrogen-bond acceptors (Lipinski definition) is 3. The lowest BCUT2D eigenvalue weighted by molar-refractivity contribution is -0.139. The molecule has 0 aliphatic heterocycles. The molecule has 1 fully saturated rings. The number of carbonyl (C=O) groups is 1. The second-order valence-corrected chi connectivity index (χ2v) is 8.89. The van der Waals surface area contributed by atoms with Crippen LogP contribution in [-0.2, 0) is 25.7 Å². The highest BCUT2D eigenvalue weighted by Gasteiger charge is 2.38. The van der Waals surface area contributed by atoms with Crippen molar-refractivity contribution in [3.63, 3.8) is 0 Å². The molecule has 0 saturated heterocycles. The number of aryl methyl sites for hydroxylation is 2. The first-order valence-electron chi connectivity index (χ1n) is 10.7. The van der Waals surface area contributed by atoms with Crippen LogP contribution < -0.4 is 5.56 Å². The zero-order chi connectivity index (χ0) is 23.9. The van der Waals surface area contributed by atoms with Crippen LogP contribution in [0.4, 0.5) is 13.2 Å². The molecule has 33 heavy (non-hydrogen) atoms. The van der Waals surface area contributed by atoms with Crippen LogP contribution in [0.5, 0.6) is 0 Å². The SMILES string of the molecule is Cc1cc(C(=O)Cn2nc(C3CC3)cc(C(F)(F)F)c2=O)c(C)n1CCc1ccc(Cl)cc1. The van der Waals surface area contributed by atoms with Crippen LogP contribution in [0.3, 0.4) is 0 Å². The fourth-order valence-electron chi connectivity index (χ4n) is 3.99. The van der Waals surface area contributed by atoms with Crippen LogP contribution in [0.1, 0.15) is 57.3 Å². The largest absolute Gasteiger partial charge is 0.421 e. The Morgan fingerprint density at radius 1 is 1.15 bits per heavy atom. The van der Waals surface area contributed by atoms with Gasteiger partial charge in [0.2, 0.25) is 0 Å². The second-order valence-electron chi connectivity index (χ2n) is 8.45. The minimum absolute atomic E-state index is 0.0917. The van der Waals surface area contributed by atoms with Gasteiger partial charge in [0.25, 0.3) is 5.56 Å². The first-order chi connectivity index (χ1) is 15.5. The molecule has 9 heteroatoms. The van der Waals surface area contributed by atoms with Crippen molar-refractivity contribution in [2.45, 2.75) is 58.3 Å². The molecule has 0 atom stereocenters. The smallest absolute Gasteiger partial charge is 0.348 e. The average molecular weight is 478 g/mol. The van der Waals surface area contributed by atoms with Crippen molar-refractivity contribution in [2.75, 3.05) is 0 Å². The summed E-state index contributed by atoms with van der Waals surface area (Å²) in [6.07, 6.45) is -2.62. The third-order valence-corrected chi connectivity index (χ3v) is 6.25. The molecule has 0 spiro atoms. The number of ketones is 1. The van der Waals surface area contributed by atoms with E-state index in [1.165, 1.54) is 0 Å². The van der Waals surface area contributed by atoms with E-state index >= 15 is 0 Å². The van der Waals surface area contributed by atoms with E-state index in [9.17, 15) is 22.8 Å². The Morgan fingerprint density at radius 3 is 2.42 bits per heavy atom. The quantitative estimate of drug-likeness (QED) is 0.432. The Kier molecular flexibility index (Phi) is 6.22. The standard InChI is InChI=1S/C24H23ClF3N3O2/c1-14-11-19(15(2)30(14)10-9-16-3-7-18(25)8-4-16)22(32)13-31-23(33)20(24(26,27)28)12-21(29-31)17-5-6-17/h3-4,7-8,11-12,17H,5-6,9-10,13H2,1-2H3. The van der Waals surface area contributed by atoms with Crippen LogP contribution in [0.15, 0.2) is 41.2 Å². The predicted molar refractivity (Wildman–Crippen MR) is 119 cm³/mol. The maximum absolute atomic E-state index is 13.4. The fraction of sp³-hybridized carbons (Fsp3) is 0.375. The number of carbonyl (C=O) groups excluding carboxylic acids is 1. The lowest BCUT2D eigenvalue weighted by Gasteiger charge is -2.12.